The molecular formula is C21H26N2O3. The van der Waals surface area contributed by atoms with Gasteiger partial charge in [-0.15, -0.1) is 0 Å². The maximum absolute atomic E-state index is 11.9. The van der Waals surface area contributed by atoms with Crippen LogP contribution in [0.3, 0.4) is 0 Å². The highest BCUT2D eigenvalue weighted by atomic mass is 16.5. The van der Waals surface area contributed by atoms with Crippen LogP contribution in [0, 0.1) is 0 Å². The van der Waals surface area contributed by atoms with E-state index in [9.17, 15) is 4.79 Å². The second-order valence-electron chi connectivity index (χ2n) is 6.48. The third kappa shape index (κ3) is 5.23. The molecule has 1 amide bonds. The van der Waals surface area contributed by atoms with Gasteiger partial charge in [-0.3, -0.25) is 4.79 Å². The van der Waals surface area contributed by atoms with Gasteiger partial charge in [-0.1, -0.05) is 30.3 Å². The van der Waals surface area contributed by atoms with E-state index in [1.54, 1.807) is 0 Å². The van der Waals surface area contributed by atoms with Gasteiger partial charge in [0.05, 0.1) is 6.61 Å². The summed E-state index contributed by atoms with van der Waals surface area (Å²) in [6.45, 7) is 2.49. The topological polar surface area (TPSA) is 50.8 Å². The van der Waals surface area contributed by atoms with E-state index < -0.39 is 0 Å². The number of fused-ring (bicyclic) bond motifs is 1. The van der Waals surface area contributed by atoms with Crippen LogP contribution in [0.15, 0.2) is 48.5 Å². The molecule has 0 aliphatic carbocycles. The Morgan fingerprint density at radius 3 is 2.85 bits per heavy atom. The standard InChI is InChI=1S/C21H26N2O3/c1-23-11-5-6-18-14-17(9-10-20(18)23)15-22-21(24)16-25-12-13-26-19-7-3-2-4-8-19/h2-4,7-10,14H,5-6,11-13,15-16H2,1H3,(H,22,24). The normalized spacial score (nSPS) is 13.2. The lowest BCUT2D eigenvalue weighted by molar-refractivity contribution is -0.126. The Morgan fingerprint density at radius 2 is 2.00 bits per heavy atom. The smallest absolute Gasteiger partial charge is 0.246 e. The number of aryl methyl sites for hydroxylation is 1. The Bertz CT molecular complexity index is 718. The molecule has 3 rings (SSSR count). The van der Waals surface area contributed by atoms with E-state index in [1.807, 2.05) is 30.3 Å². The zero-order chi connectivity index (χ0) is 18.2. The molecule has 0 bridgehead atoms. The number of para-hydroxylation sites is 1. The highest BCUT2D eigenvalue weighted by Gasteiger charge is 2.13. The first-order valence-electron chi connectivity index (χ1n) is 9.07. The van der Waals surface area contributed by atoms with Gasteiger partial charge in [0.2, 0.25) is 5.91 Å². The molecule has 1 aliphatic rings. The maximum atomic E-state index is 11.9. The average molecular weight is 354 g/mol. The summed E-state index contributed by atoms with van der Waals surface area (Å²) in [4.78, 5) is 14.2. The Morgan fingerprint density at radius 1 is 1.15 bits per heavy atom. The molecule has 0 aromatic heterocycles. The number of hydrogen-bond donors (Lipinski definition) is 1. The number of carbonyl (C=O) groups excluding carboxylic acids is 1. The molecule has 0 unspecified atom stereocenters. The van der Waals surface area contributed by atoms with E-state index in [0.29, 0.717) is 19.8 Å². The predicted octanol–water partition coefficient (Wildman–Crippen LogP) is 2.78. The molecule has 0 atom stereocenters. The van der Waals surface area contributed by atoms with Crippen LogP contribution in [0.1, 0.15) is 17.5 Å². The molecule has 0 saturated carbocycles. The molecule has 2 aromatic rings. The number of anilines is 1. The fourth-order valence-electron chi connectivity index (χ4n) is 3.10. The third-order valence-corrected chi connectivity index (χ3v) is 4.46. The van der Waals surface area contributed by atoms with Gasteiger partial charge in [-0.05, 0) is 42.2 Å². The van der Waals surface area contributed by atoms with Crippen LogP contribution in [0.4, 0.5) is 5.69 Å². The van der Waals surface area contributed by atoms with Crippen LogP contribution < -0.4 is 15.0 Å². The van der Waals surface area contributed by atoms with Crippen molar-refractivity contribution in [2.24, 2.45) is 0 Å². The molecule has 5 nitrogen and oxygen atoms in total. The van der Waals surface area contributed by atoms with Gasteiger partial charge in [0, 0.05) is 25.8 Å². The first-order chi connectivity index (χ1) is 12.7. The molecule has 2 aromatic carbocycles. The van der Waals surface area contributed by atoms with Gasteiger partial charge in [-0.25, -0.2) is 0 Å². The predicted molar refractivity (Wildman–Crippen MR) is 103 cm³/mol. The third-order valence-electron chi connectivity index (χ3n) is 4.46. The quantitative estimate of drug-likeness (QED) is 0.741. The summed E-state index contributed by atoms with van der Waals surface area (Å²) in [5, 5.41) is 2.91. The van der Waals surface area contributed by atoms with Crippen molar-refractivity contribution >= 4 is 11.6 Å². The first-order valence-corrected chi connectivity index (χ1v) is 9.07. The van der Waals surface area contributed by atoms with Gasteiger partial charge in [0.1, 0.15) is 19.0 Å². The number of carbonyl (C=O) groups is 1. The molecule has 138 valence electrons. The van der Waals surface area contributed by atoms with E-state index in [-0.39, 0.29) is 12.5 Å². The van der Waals surface area contributed by atoms with E-state index >= 15 is 0 Å². The van der Waals surface area contributed by atoms with Crippen molar-refractivity contribution in [3.05, 3.63) is 59.7 Å². The summed E-state index contributed by atoms with van der Waals surface area (Å²) in [5.41, 5.74) is 3.78. The lowest BCUT2D eigenvalue weighted by Gasteiger charge is -2.27. The zero-order valence-corrected chi connectivity index (χ0v) is 15.2. The molecule has 1 N–H and O–H groups in total. The van der Waals surface area contributed by atoms with Crippen molar-refractivity contribution in [3.63, 3.8) is 0 Å². The van der Waals surface area contributed by atoms with Crippen molar-refractivity contribution in [2.75, 3.05) is 38.3 Å². The molecule has 1 aliphatic heterocycles. The van der Waals surface area contributed by atoms with Crippen molar-refractivity contribution in [2.45, 2.75) is 19.4 Å². The summed E-state index contributed by atoms with van der Waals surface area (Å²) in [5.74, 6) is 0.693. The summed E-state index contributed by atoms with van der Waals surface area (Å²) in [6.07, 6.45) is 2.28. The Kier molecular flexibility index (Phi) is 6.50. The number of nitrogens with one attached hydrogen (secondary N) is 1. The Labute approximate surface area is 154 Å². The molecule has 5 heteroatoms. The fraction of sp³-hybridized carbons (Fsp3) is 0.381. The number of benzene rings is 2. The Balaban J connectivity index is 1.34. The lowest BCUT2D eigenvalue weighted by atomic mass is 9.99. The van der Waals surface area contributed by atoms with E-state index in [2.05, 4.69) is 35.5 Å². The van der Waals surface area contributed by atoms with Gasteiger partial charge in [0.25, 0.3) is 0 Å². The molecule has 0 spiro atoms. The van der Waals surface area contributed by atoms with Crippen LogP contribution in [-0.2, 0) is 22.5 Å². The van der Waals surface area contributed by atoms with Crippen molar-refractivity contribution < 1.29 is 14.3 Å². The van der Waals surface area contributed by atoms with Gasteiger partial charge < -0.3 is 19.7 Å². The first kappa shape index (κ1) is 18.3. The van der Waals surface area contributed by atoms with Crippen molar-refractivity contribution in [3.8, 4) is 5.75 Å². The minimum atomic E-state index is -0.112. The van der Waals surface area contributed by atoms with Crippen LogP contribution in [0.25, 0.3) is 0 Å². The average Bonchev–Trinajstić information content (AvgIpc) is 2.67. The number of ether oxygens (including phenoxy) is 2. The van der Waals surface area contributed by atoms with Crippen LogP contribution in [0.2, 0.25) is 0 Å². The van der Waals surface area contributed by atoms with Crippen LogP contribution >= 0.6 is 0 Å². The van der Waals surface area contributed by atoms with Gasteiger partial charge in [-0.2, -0.15) is 0 Å². The number of nitrogens with zero attached hydrogens (tertiary/aromatic N) is 1. The van der Waals surface area contributed by atoms with Gasteiger partial charge in [0.15, 0.2) is 0 Å². The monoisotopic (exact) mass is 354 g/mol. The van der Waals surface area contributed by atoms with E-state index in [1.165, 1.54) is 17.7 Å². The second-order valence-corrected chi connectivity index (χ2v) is 6.48. The van der Waals surface area contributed by atoms with Crippen LogP contribution in [0.5, 0.6) is 5.75 Å². The molecule has 0 radical (unpaired) electrons. The van der Waals surface area contributed by atoms with Crippen LogP contribution in [-0.4, -0.2) is 39.3 Å². The second kappa shape index (κ2) is 9.25. The van der Waals surface area contributed by atoms with Gasteiger partial charge >= 0.3 is 0 Å². The van der Waals surface area contributed by atoms with E-state index in [4.69, 9.17) is 9.47 Å². The molecule has 0 saturated heterocycles. The van der Waals surface area contributed by atoms with E-state index in [0.717, 1.165) is 24.3 Å². The minimum absolute atomic E-state index is 0.0474. The number of hydrogen-bond acceptors (Lipinski definition) is 4. The summed E-state index contributed by atoms with van der Waals surface area (Å²) in [6, 6.07) is 16.0. The highest BCUT2D eigenvalue weighted by molar-refractivity contribution is 5.77. The van der Waals surface area contributed by atoms with Crippen molar-refractivity contribution in [1.29, 1.82) is 0 Å². The minimum Gasteiger partial charge on any atom is -0.491 e. The number of rotatable bonds is 8. The summed E-state index contributed by atoms with van der Waals surface area (Å²) < 4.78 is 10.9. The zero-order valence-electron chi connectivity index (χ0n) is 15.2. The molecule has 0 fully saturated rings. The SMILES string of the molecule is CN1CCCc2cc(CNC(=O)COCCOc3ccccc3)ccc21. The summed E-state index contributed by atoms with van der Waals surface area (Å²) in [7, 11) is 2.12. The number of amides is 1. The van der Waals surface area contributed by atoms with Crippen molar-refractivity contribution in [1.82, 2.24) is 5.32 Å². The molecule has 26 heavy (non-hydrogen) atoms. The summed E-state index contributed by atoms with van der Waals surface area (Å²) >= 11 is 0. The maximum Gasteiger partial charge on any atom is 0.246 e. The highest BCUT2D eigenvalue weighted by Crippen LogP contribution is 2.26. The Hall–Kier alpha value is -2.53. The lowest BCUT2D eigenvalue weighted by Crippen LogP contribution is -2.28. The fourth-order valence-corrected chi connectivity index (χ4v) is 3.10. The largest absolute Gasteiger partial charge is 0.491 e. The molecular weight excluding hydrogens is 328 g/mol. The molecule has 1 heterocycles.